The number of benzene rings is 4. The Morgan fingerprint density at radius 2 is 1.17 bits per heavy atom. The fraction of sp³-hybridized carbons (Fsp3) is 0.310. The standard InChI is InChI=1S/C29H30/c1-22-10-6-7-19-29(22,20-25-15-8-13-23-11-2-4-17-27(23)25)21-26-16-9-14-24-12-3-5-18-28(24)26/h2-5,8-9,11-18,22H,6-7,10,19-21H2,1H3. The zero-order valence-corrected chi connectivity index (χ0v) is 17.4. The van der Waals surface area contributed by atoms with Gasteiger partial charge in [-0.05, 0) is 63.3 Å². The van der Waals surface area contributed by atoms with E-state index in [-0.39, 0.29) is 0 Å². The predicted octanol–water partition coefficient (Wildman–Crippen LogP) is 7.97. The maximum atomic E-state index is 2.51. The van der Waals surface area contributed by atoms with Crippen molar-refractivity contribution in [2.45, 2.75) is 45.4 Å². The van der Waals surface area contributed by atoms with Gasteiger partial charge in [0.1, 0.15) is 0 Å². The highest BCUT2D eigenvalue weighted by Gasteiger charge is 2.38. The van der Waals surface area contributed by atoms with Crippen molar-refractivity contribution in [3.8, 4) is 0 Å². The van der Waals surface area contributed by atoms with Crippen molar-refractivity contribution in [2.75, 3.05) is 0 Å². The summed E-state index contributed by atoms with van der Waals surface area (Å²) in [5.41, 5.74) is 3.39. The molecule has 4 aromatic carbocycles. The molecule has 1 aliphatic carbocycles. The summed E-state index contributed by atoms with van der Waals surface area (Å²) in [5, 5.41) is 5.61. The van der Waals surface area contributed by atoms with Gasteiger partial charge in [0.2, 0.25) is 0 Å². The third-order valence-corrected chi connectivity index (χ3v) is 7.45. The Bertz CT molecular complexity index is 1050. The molecule has 1 unspecified atom stereocenters. The number of hydrogen-bond donors (Lipinski definition) is 0. The lowest BCUT2D eigenvalue weighted by Crippen LogP contribution is -2.36. The Hall–Kier alpha value is -2.60. The van der Waals surface area contributed by atoms with Gasteiger partial charge in [-0.15, -0.1) is 0 Å². The van der Waals surface area contributed by atoms with E-state index in [1.165, 1.54) is 71.2 Å². The number of hydrogen-bond acceptors (Lipinski definition) is 0. The largest absolute Gasteiger partial charge is 0.0620 e. The van der Waals surface area contributed by atoms with Crippen LogP contribution in [0.2, 0.25) is 0 Å². The van der Waals surface area contributed by atoms with Crippen molar-refractivity contribution < 1.29 is 0 Å². The minimum atomic E-state index is 0.340. The molecular formula is C29H30. The van der Waals surface area contributed by atoms with E-state index in [9.17, 15) is 0 Å². The van der Waals surface area contributed by atoms with E-state index < -0.39 is 0 Å². The molecule has 0 aromatic heterocycles. The molecule has 0 amide bonds. The minimum Gasteiger partial charge on any atom is -0.0620 e. The molecule has 4 aromatic rings. The maximum Gasteiger partial charge on any atom is -0.0152 e. The highest BCUT2D eigenvalue weighted by atomic mass is 14.4. The Balaban J connectivity index is 1.59. The van der Waals surface area contributed by atoms with Gasteiger partial charge in [-0.2, -0.15) is 0 Å². The van der Waals surface area contributed by atoms with Gasteiger partial charge in [-0.3, -0.25) is 0 Å². The van der Waals surface area contributed by atoms with Crippen LogP contribution in [0, 0.1) is 11.3 Å². The summed E-state index contributed by atoms with van der Waals surface area (Å²) < 4.78 is 0. The van der Waals surface area contributed by atoms with Crippen molar-refractivity contribution in [1.29, 1.82) is 0 Å². The number of rotatable bonds is 4. The van der Waals surface area contributed by atoms with Crippen LogP contribution < -0.4 is 0 Å². The third-order valence-electron chi connectivity index (χ3n) is 7.45. The van der Waals surface area contributed by atoms with E-state index in [0.29, 0.717) is 5.41 Å². The summed E-state index contributed by atoms with van der Waals surface area (Å²) >= 11 is 0. The fourth-order valence-electron chi connectivity index (χ4n) is 5.72. The summed E-state index contributed by atoms with van der Waals surface area (Å²) in [7, 11) is 0. The van der Waals surface area contributed by atoms with Crippen molar-refractivity contribution in [1.82, 2.24) is 0 Å². The molecule has 1 aliphatic rings. The van der Waals surface area contributed by atoms with Crippen LogP contribution in [0.5, 0.6) is 0 Å². The average molecular weight is 379 g/mol. The van der Waals surface area contributed by atoms with Gasteiger partial charge < -0.3 is 0 Å². The van der Waals surface area contributed by atoms with Crippen LogP contribution in [0.25, 0.3) is 21.5 Å². The first kappa shape index (κ1) is 18.4. The molecule has 29 heavy (non-hydrogen) atoms. The third kappa shape index (κ3) is 3.46. The monoisotopic (exact) mass is 378 g/mol. The summed E-state index contributed by atoms with van der Waals surface area (Å²) in [5.74, 6) is 0.745. The Morgan fingerprint density at radius 3 is 1.72 bits per heavy atom. The van der Waals surface area contributed by atoms with Crippen LogP contribution in [0.1, 0.15) is 43.7 Å². The van der Waals surface area contributed by atoms with E-state index in [1.807, 2.05) is 0 Å². The second kappa shape index (κ2) is 7.67. The normalized spacial score (nSPS) is 18.9. The molecular weight excluding hydrogens is 348 g/mol. The zero-order chi connectivity index (χ0) is 19.7. The second-order valence-electron chi connectivity index (χ2n) is 9.14. The molecule has 1 atom stereocenters. The summed E-state index contributed by atoms with van der Waals surface area (Å²) in [6.07, 6.45) is 7.79. The molecule has 0 spiro atoms. The van der Waals surface area contributed by atoms with Crippen molar-refractivity contribution in [2.24, 2.45) is 11.3 Å². The van der Waals surface area contributed by atoms with Gasteiger partial charge in [0.25, 0.3) is 0 Å². The molecule has 0 bridgehead atoms. The van der Waals surface area contributed by atoms with Crippen molar-refractivity contribution in [3.05, 3.63) is 96.1 Å². The first-order valence-corrected chi connectivity index (χ1v) is 11.2. The van der Waals surface area contributed by atoms with E-state index in [1.54, 1.807) is 0 Å². The number of fused-ring (bicyclic) bond motifs is 2. The first-order chi connectivity index (χ1) is 14.3. The summed E-state index contributed by atoms with van der Waals surface area (Å²) in [6, 6.07) is 31.5. The Labute approximate surface area is 174 Å². The quantitative estimate of drug-likeness (QED) is 0.338. The molecule has 0 heteroatoms. The summed E-state index contributed by atoms with van der Waals surface area (Å²) in [4.78, 5) is 0. The Kier molecular flexibility index (Phi) is 4.87. The molecule has 146 valence electrons. The molecule has 0 saturated heterocycles. The molecule has 0 heterocycles. The van der Waals surface area contributed by atoms with Gasteiger partial charge in [0.05, 0.1) is 0 Å². The molecule has 0 radical (unpaired) electrons. The lowest BCUT2D eigenvalue weighted by Gasteiger charge is -2.44. The maximum absolute atomic E-state index is 2.51. The minimum absolute atomic E-state index is 0.340. The van der Waals surface area contributed by atoms with E-state index in [2.05, 4.69) is 91.9 Å². The fourth-order valence-corrected chi connectivity index (χ4v) is 5.72. The molecule has 5 rings (SSSR count). The van der Waals surface area contributed by atoms with Crippen LogP contribution in [0.4, 0.5) is 0 Å². The highest BCUT2D eigenvalue weighted by Crippen LogP contribution is 2.47. The molecule has 1 fully saturated rings. The van der Waals surface area contributed by atoms with Crippen LogP contribution in [0.15, 0.2) is 84.9 Å². The van der Waals surface area contributed by atoms with Gasteiger partial charge in [0.15, 0.2) is 0 Å². The molecule has 0 nitrogen and oxygen atoms in total. The lowest BCUT2D eigenvalue weighted by atomic mass is 9.61. The smallest absolute Gasteiger partial charge is 0.0152 e. The van der Waals surface area contributed by atoms with Crippen LogP contribution in [0.3, 0.4) is 0 Å². The highest BCUT2D eigenvalue weighted by molar-refractivity contribution is 5.86. The van der Waals surface area contributed by atoms with Crippen LogP contribution >= 0.6 is 0 Å². The van der Waals surface area contributed by atoms with Crippen LogP contribution in [-0.4, -0.2) is 0 Å². The van der Waals surface area contributed by atoms with Gasteiger partial charge in [0, 0.05) is 0 Å². The van der Waals surface area contributed by atoms with Gasteiger partial charge in [-0.25, -0.2) is 0 Å². The van der Waals surface area contributed by atoms with Crippen molar-refractivity contribution in [3.63, 3.8) is 0 Å². The average Bonchev–Trinajstić information content (AvgIpc) is 2.76. The predicted molar refractivity (Wildman–Crippen MR) is 125 cm³/mol. The molecule has 0 N–H and O–H groups in total. The van der Waals surface area contributed by atoms with Gasteiger partial charge >= 0.3 is 0 Å². The van der Waals surface area contributed by atoms with E-state index >= 15 is 0 Å². The second-order valence-corrected chi connectivity index (χ2v) is 9.14. The first-order valence-electron chi connectivity index (χ1n) is 11.2. The van der Waals surface area contributed by atoms with Gasteiger partial charge in [-0.1, -0.05) is 111 Å². The molecule has 1 saturated carbocycles. The molecule has 0 aliphatic heterocycles. The van der Waals surface area contributed by atoms with Crippen LogP contribution in [-0.2, 0) is 12.8 Å². The zero-order valence-electron chi connectivity index (χ0n) is 17.4. The summed E-state index contributed by atoms with van der Waals surface area (Å²) in [6.45, 7) is 2.51. The van der Waals surface area contributed by atoms with E-state index in [4.69, 9.17) is 0 Å². The Morgan fingerprint density at radius 1 is 0.655 bits per heavy atom. The van der Waals surface area contributed by atoms with E-state index in [0.717, 1.165) is 5.92 Å². The van der Waals surface area contributed by atoms with Crippen molar-refractivity contribution >= 4 is 21.5 Å². The SMILES string of the molecule is CC1CCCCC1(Cc1cccc2ccccc12)Cc1cccc2ccccc12. The lowest BCUT2D eigenvalue weighted by molar-refractivity contribution is 0.107. The topological polar surface area (TPSA) is 0 Å².